The lowest BCUT2D eigenvalue weighted by atomic mass is 10.0. The second kappa shape index (κ2) is 18.6. The van der Waals surface area contributed by atoms with Crippen LogP contribution in [-0.2, 0) is 30.7 Å². The zero-order valence-electron chi connectivity index (χ0n) is 29.3. The number of nitrogens with zero attached hydrogens (tertiary/aromatic N) is 2. The van der Waals surface area contributed by atoms with Gasteiger partial charge < -0.3 is 38.8 Å². The molecule has 0 aromatic heterocycles. The summed E-state index contributed by atoms with van der Waals surface area (Å²) in [7, 11) is -0.707. The monoisotopic (exact) mass is 695 g/mol. The lowest BCUT2D eigenvalue weighted by Crippen LogP contribution is -2.51. The minimum Gasteiger partial charge on any atom is -0.492 e. The normalized spacial score (nSPS) is 14.4. The summed E-state index contributed by atoms with van der Waals surface area (Å²) in [6.07, 6.45) is -1.78. The first-order valence-corrected chi connectivity index (χ1v) is 17.6. The molecule has 3 rings (SSSR count). The van der Waals surface area contributed by atoms with Gasteiger partial charge in [0.1, 0.15) is 18.0 Å². The Morgan fingerprint density at radius 1 is 0.938 bits per heavy atom. The summed E-state index contributed by atoms with van der Waals surface area (Å²) in [6, 6.07) is 10.9. The van der Waals surface area contributed by atoms with Gasteiger partial charge in [-0.3, -0.25) is 4.90 Å². The molecular weight excluding hydrogens is 642 g/mol. The number of methoxy groups -OCH3 is 2. The lowest BCUT2D eigenvalue weighted by Gasteiger charge is -2.31. The third-order valence-electron chi connectivity index (χ3n) is 7.39. The van der Waals surface area contributed by atoms with Gasteiger partial charge in [0, 0.05) is 53.0 Å². The molecule has 2 aromatic carbocycles. The Bertz CT molecular complexity index is 1370. The molecule has 13 nitrogen and oxygen atoms in total. The summed E-state index contributed by atoms with van der Waals surface area (Å²) in [6.45, 7) is 12.8. The summed E-state index contributed by atoms with van der Waals surface area (Å²) >= 11 is 0. The fourth-order valence-electron chi connectivity index (χ4n) is 4.99. The highest BCUT2D eigenvalue weighted by Crippen LogP contribution is 2.35. The maximum absolute atomic E-state index is 13.8. The number of rotatable bonds is 20. The van der Waals surface area contributed by atoms with E-state index in [0.717, 1.165) is 18.7 Å². The molecule has 1 aliphatic heterocycles. The predicted octanol–water partition coefficient (Wildman–Crippen LogP) is 3.53. The molecule has 2 N–H and O–H groups in total. The molecule has 0 saturated heterocycles. The standard InChI is InChI=1S/C34H53N3O10S/c1-25(2)22-37(48(40,41)28-12-13-31-32(21-28)46-24-45-31)23-30(38)29(35-33(39)47-34(3,4)5)20-26-8-10-27(11-9-26)44-19-16-36(14-17-42-6)15-18-43-7/h8-13,21,25,29-30,38H,14-20,22-24H2,1-7H3,(H,35,39)/t29-,30+/m0/s1. The van der Waals surface area contributed by atoms with Crippen LogP contribution < -0.4 is 19.5 Å². The van der Waals surface area contributed by atoms with Crippen LogP contribution in [0.25, 0.3) is 0 Å². The van der Waals surface area contributed by atoms with Crippen molar-refractivity contribution in [1.82, 2.24) is 14.5 Å². The van der Waals surface area contributed by atoms with Crippen LogP contribution in [0.1, 0.15) is 40.2 Å². The molecule has 0 saturated carbocycles. The van der Waals surface area contributed by atoms with Crippen molar-refractivity contribution in [2.24, 2.45) is 5.92 Å². The lowest BCUT2D eigenvalue weighted by molar-refractivity contribution is 0.0400. The first kappa shape index (κ1) is 39.3. The van der Waals surface area contributed by atoms with Gasteiger partial charge in [-0.15, -0.1) is 0 Å². The number of amides is 1. The highest BCUT2D eigenvalue weighted by atomic mass is 32.2. The first-order chi connectivity index (χ1) is 22.7. The van der Waals surface area contributed by atoms with Gasteiger partial charge in [0.2, 0.25) is 16.8 Å². The van der Waals surface area contributed by atoms with Crippen molar-refractivity contribution >= 4 is 16.1 Å². The molecule has 2 atom stereocenters. The summed E-state index contributed by atoms with van der Waals surface area (Å²) in [5.74, 6) is 1.44. The Morgan fingerprint density at radius 2 is 1.56 bits per heavy atom. The number of sulfonamides is 1. The molecule has 0 aliphatic carbocycles. The Kier molecular flexibility index (Phi) is 15.2. The van der Waals surface area contributed by atoms with E-state index in [1.807, 2.05) is 38.1 Å². The molecule has 0 fully saturated rings. The summed E-state index contributed by atoms with van der Waals surface area (Å²) in [5.41, 5.74) is 0.0338. The van der Waals surface area contributed by atoms with Crippen molar-refractivity contribution in [3.05, 3.63) is 48.0 Å². The minimum absolute atomic E-state index is 0.0146. The third kappa shape index (κ3) is 12.7. The molecule has 0 spiro atoms. The van der Waals surface area contributed by atoms with Gasteiger partial charge >= 0.3 is 6.09 Å². The van der Waals surface area contributed by atoms with Crippen LogP contribution in [0, 0.1) is 5.92 Å². The number of ether oxygens (including phenoxy) is 6. The van der Waals surface area contributed by atoms with Crippen molar-refractivity contribution in [2.75, 3.05) is 73.6 Å². The number of nitrogens with one attached hydrogen (secondary N) is 1. The van der Waals surface area contributed by atoms with Crippen LogP contribution in [0.2, 0.25) is 0 Å². The number of carbonyl (C=O) groups is 1. The second-order valence-corrected chi connectivity index (χ2v) is 15.0. The average molecular weight is 696 g/mol. The van der Waals surface area contributed by atoms with Gasteiger partial charge in [-0.05, 0) is 62.9 Å². The van der Waals surface area contributed by atoms with Crippen LogP contribution in [0.3, 0.4) is 0 Å². The molecule has 0 radical (unpaired) electrons. The Labute approximate surface area is 285 Å². The largest absolute Gasteiger partial charge is 0.492 e. The van der Waals surface area contributed by atoms with Crippen molar-refractivity contribution in [3.8, 4) is 17.2 Å². The smallest absolute Gasteiger partial charge is 0.407 e. The van der Waals surface area contributed by atoms with Crippen LogP contribution in [0.4, 0.5) is 4.79 Å². The van der Waals surface area contributed by atoms with Crippen molar-refractivity contribution in [1.29, 1.82) is 0 Å². The fourth-order valence-corrected chi connectivity index (χ4v) is 6.62. The number of hydrogen-bond acceptors (Lipinski definition) is 11. The molecule has 1 amide bonds. The SMILES string of the molecule is COCCN(CCOC)CCOc1ccc(C[C@H](NC(=O)OC(C)(C)C)[C@H](O)CN(CC(C)C)S(=O)(=O)c2ccc3c(c2)OCO3)cc1. The van der Waals surface area contributed by atoms with E-state index in [1.54, 1.807) is 41.1 Å². The Morgan fingerprint density at radius 3 is 2.17 bits per heavy atom. The van der Waals surface area contributed by atoms with E-state index >= 15 is 0 Å². The number of fused-ring (bicyclic) bond motifs is 1. The summed E-state index contributed by atoms with van der Waals surface area (Å²) in [4.78, 5) is 15.1. The molecule has 2 aromatic rings. The number of alkyl carbamates (subject to hydrolysis) is 1. The van der Waals surface area contributed by atoms with E-state index in [2.05, 4.69) is 10.2 Å². The summed E-state index contributed by atoms with van der Waals surface area (Å²) in [5, 5.41) is 14.3. The van der Waals surface area contributed by atoms with Crippen LogP contribution in [0.5, 0.6) is 17.2 Å². The first-order valence-electron chi connectivity index (χ1n) is 16.2. The molecule has 14 heteroatoms. The van der Waals surface area contributed by atoms with Crippen molar-refractivity contribution in [2.45, 2.75) is 63.7 Å². The number of aliphatic hydroxyl groups is 1. The Balaban J connectivity index is 1.75. The van der Waals surface area contributed by atoms with Crippen LogP contribution >= 0.6 is 0 Å². The number of carbonyl (C=O) groups excluding carboxylic acids is 1. The predicted molar refractivity (Wildman–Crippen MR) is 181 cm³/mol. The quantitative estimate of drug-likeness (QED) is 0.210. The van der Waals surface area contributed by atoms with E-state index in [4.69, 9.17) is 28.4 Å². The molecule has 48 heavy (non-hydrogen) atoms. The third-order valence-corrected chi connectivity index (χ3v) is 9.21. The van der Waals surface area contributed by atoms with Crippen LogP contribution in [-0.4, -0.2) is 120 Å². The van der Waals surface area contributed by atoms with Gasteiger partial charge in [0.25, 0.3) is 0 Å². The molecule has 0 unspecified atom stereocenters. The van der Waals surface area contributed by atoms with Gasteiger partial charge in [-0.25, -0.2) is 13.2 Å². The van der Waals surface area contributed by atoms with E-state index in [-0.39, 0.29) is 37.1 Å². The van der Waals surface area contributed by atoms with E-state index in [9.17, 15) is 18.3 Å². The molecule has 1 heterocycles. The maximum Gasteiger partial charge on any atom is 0.407 e. The van der Waals surface area contributed by atoms with Crippen molar-refractivity contribution in [3.63, 3.8) is 0 Å². The van der Waals surface area contributed by atoms with Crippen LogP contribution in [0.15, 0.2) is 47.4 Å². The maximum atomic E-state index is 13.8. The van der Waals surface area contributed by atoms with E-state index in [0.29, 0.717) is 43.6 Å². The van der Waals surface area contributed by atoms with Gasteiger partial charge in [-0.1, -0.05) is 26.0 Å². The molecule has 270 valence electrons. The number of aliphatic hydroxyl groups excluding tert-OH is 1. The highest BCUT2D eigenvalue weighted by Gasteiger charge is 2.33. The molecule has 1 aliphatic rings. The van der Waals surface area contributed by atoms with Gasteiger partial charge in [0.15, 0.2) is 11.5 Å². The fraction of sp³-hybridized carbons (Fsp3) is 0.618. The zero-order chi connectivity index (χ0) is 35.3. The minimum atomic E-state index is -4.05. The topological polar surface area (TPSA) is 145 Å². The van der Waals surface area contributed by atoms with Gasteiger partial charge in [-0.2, -0.15) is 4.31 Å². The van der Waals surface area contributed by atoms with E-state index < -0.39 is 33.9 Å². The Hall–Kier alpha value is -3.14. The zero-order valence-corrected chi connectivity index (χ0v) is 30.1. The highest BCUT2D eigenvalue weighted by molar-refractivity contribution is 7.89. The second-order valence-electron chi connectivity index (χ2n) is 13.1. The number of hydrogen-bond donors (Lipinski definition) is 2. The average Bonchev–Trinajstić information content (AvgIpc) is 3.49. The molecule has 0 bridgehead atoms. The summed E-state index contributed by atoms with van der Waals surface area (Å²) < 4.78 is 61.5. The van der Waals surface area contributed by atoms with Gasteiger partial charge in [0.05, 0.1) is 30.3 Å². The molecular formula is C34H53N3O10S. The number of benzene rings is 2. The van der Waals surface area contributed by atoms with Crippen molar-refractivity contribution < 1.29 is 46.7 Å². The van der Waals surface area contributed by atoms with E-state index in [1.165, 1.54) is 16.4 Å².